The van der Waals surface area contributed by atoms with Gasteiger partial charge in [-0.1, -0.05) is 18.2 Å². The Labute approximate surface area is 261 Å². The number of fused-ring (bicyclic) bond motifs is 3. The third-order valence-electron chi connectivity index (χ3n) is 9.22. The monoisotopic (exact) mass is 617 g/mol. The molecule has 0 heterocycles. The van der Waals surface area contributed by atoms with Crippen molar-refractivity contribution in [1.29, 1.82) is 0 Å². The maximum absolute atomic E-state index is 14.0. The number of nitrogens with zero attached hydrogens (tertiary/aromatic N) is 2. The van der Waals surface area contributed by atoms with Gasteiger partial charge in [0.1, 0.15) is 22.8 Å². The van der Waals surface area contributed by atoms with E-state index < -0.39 is 57.9 Å². The Morgan fingerprint density at radius 3 is 2.40 bits per heavy atom. The zero-order valence-electron chi connectivity index (χ0n) is 26.0. The van der Waals surface area contributed by atoms with E-state index in [1.165, 1.54) is 6.07 Å². The molecule has 0 saturated heterocycles. The molecule has 0 saturated carbocycles. The normalized spacial score (nSPS) is 24.5. The molecule has 1 amide bonds. The van der Waals surface area contributed by atoms with Crippen molar-refractivity contribution in [2.75, 3.05) is 41.3 Å². The quantitative estimate of drug-likeness (QED) is 0.219. The number of hydrogen-bond donors (Lipinski definition) is 5. The van der Waals surface area contributed by atoms with Crippen LogP contribution in [0.25, 0.3) is 11.1 Å². The number of rotatable bonds is 8. The molecular weight excluding hydrogens is 578 g/mol. The third-order valence-corrected chi connectivity index (χ3v) is 9.22. The van der Waals surface area contributed by atoms with Gasteiger partial charge >= 0.3 is 0 Å². The first-order chi connectivity index (χ1) is 21.2. The van der Waals surface area contributed by atoms with E-state index in [1.54, 1.807) is 49.3 Å². The molecular formula is C34H39N3O8. The molecule has 2 aromatic rings. The minimum atomic E-state index is -2.62. The fourth-order valence-corrected chi connectivity index (χ4v) is 7.15. The average Bonchev–Trinajstić information content (AvgIpc) is 2.96. The average molecular weight is 618 g/mol. The number of Topliss-reactive ketones (excluding diaryl/α,β-unsaturated/α-hetero) is 3. The molecule has 3 aliphatic carbocycles. The van der Waals surface area contributed by atoms with E-state index in [0.29, 0.717) is 28.8 Å². The fraction of sp³-hybridized carbons (Fsp3) is 0.412. The lowest BCUT2D eigenvalue weighted by atomic mass is 9.58. The molecule has 45 heavy (non-hydrogen) atoms. The molecule has 0 unspecified atom stereocenters. The highest BCUT2D eigenvalue weighted by Crippen LogP contribution is 2.53. The topological polar surface area (TPSA) is 168 Å². The summed E-state index contributed by atoms with van der Waals surface area (Å²) in [4.78, 5) is 56.5. The lowest BCUT2D eigenvalue weighted by molar-refractivity contribution is -0.148. The summed E-state index contributed by atoms with van der Waals surface area (Å²) in [6, 6.07) is 8.99. The van der Waals surface area contributed by atoms with Crippen LogP contribution >= 0.6 is 0 Å². The Kier molecular flexibility index (Phi) is 8.47. The van der Waals surface area contributed by atoms with Crippen LogP contribution in [0.5, 0.6) is 5.75 Å². The summed E-state index contributed by atoms with van der Waals surface area (Å²) in [5, 5.41) is 48.2. The predicted molar refractivity (Wildman–Crippen MR) is 166 cm³/mol. The number of aliphatic hydroxyl groups excluding tert-OH is 2. The molecule has 11 heteroatoms. The number of ketones is 3. The second kappa shape index (κ2) is 11.9. The molecule has 0 fully saturated rings. The van der Waals surface area contributed by atoms with Gasteiger partial charge in [-0.2, -0.15) is 0 Å². The van der Waals surface area contributed by atoms with E-state index in [4.69, 9.17) is 0 Å². The first-order valence-corrected chi connectivity index (χ1v) is 14.9. The van der Waals surface area contributed by atoms with Crippen LogP contribution < -0.4 is 5.32 Å². The highest BCUT2D eigenvalue weighted by molar-refractivity contribution is 6.25. The molecule has 5 N–H and O–H groups in total. The van der Waals surface area contributed by atoms with Crippen molar-refractivity contribution in [2.45, 2.75) is 37.8 Å². The Hall–Kier alpha value is -4.32. The number of amides is 1. The molecule has 5 rings (SSSR count). The summed E-state index contributed by atoms with van der Waals surface area (Å²) >= 11 is 0. The van der Waals surface area contributed by atoms with Gasteiger partial charge in [0, 0.05) is 23.6 Å². The van der Waals surface area contributed by atoms with Crippen molar-refractivity contribution in [2.24, 2.45) is 11.8 Å². The standard InChI is InChI=1S/C34H39N3O8/c1-17(38)25-30(41)28(37(4)5)23-16-20-15-22-21(18-8-6-9-19(14-18)33(44)35-12-7-13-36(2)3)10-11-24(39)27(22)29(40)26(20)32(43)34(23,45)31(25)42/h6,8-11,14,20,23,28,39,41,43,45H,7,12-13,15-16H2,1-5H3,(H,35,44)/t20-,23-,28-,34+/m0/s1. The van der Waals surface area contributed by atoms with Crippen molar-refractivity contribution in [3.05, 3.63) is 75.8 Å². The molecule has 11 nitrogen and oxygen atoms in total. The van der Waals surface area contributed by atoms with E-state index in [-0.39, 0.29) is 35.6 Å². The van der Waals surface area contributed by atoms with Crippen LogP contribution in [-0.2, 0) is 16.0 Å². The van der Waals surface area contributed by atoms with Crippen molar-refractivity contribution in [3.8, 4) is 16.9 Å². The first-order valence-electron chi connectivity index (χ1n) is 14.9. The van der Waals surface area contributed by atoms with E-state index in [9.17, 15) is 39.6 Å². The van der Waals surface area contributed by atoms with E-state index in [0.717, 1.165) is 19.9 Å². The van der Waals surface area contributed by atoms with Gasteiger partial charge < -0.3 is 30.6 Å². The van der Waals surface area contributed by atoms with Crippen LogP contribution in [0.3, 0.4) is 0 Å². The van der Waals surface area contributed by atoms with Crippen LogP contribution in [0.1, 0.15) is 46.0 Å². The third kappa shape index (κ3) is 5.24. The van der Waals surface area contributed by atoms with Gasteiger partial charge in [0.15, 0.2) is 17.2 Å². The molecule has 3 aliphatic rings. The van der Waals surface area contributed by atoms with Crippen LogP contribution in [0.2, 0.25) is 0 Å². The van der Waals surface area contributed by atoms with Gasteiger partial charge in [-0.05, 0) is 102 Å². The van der Waals surface area contributed by atoms with Gasteiger partial charge in [-0.25, -0.2) is 0 Å². The highest BCUT2D eigenvalue weighted by atomic mass is 16.3. The molecule has 2 aromatic carbocycles. The maximum atomic E-state index is 14.0. The zero-order valence-corrected chi connectivity index (χ0v) is 26.0. The number of carbonyl (C=O) groups is 4. The van der Waals surface area contributed by atoms with E-state index >= 15 is 0 Å². The van der Waals surface area contributed by atoms with Crippen LogP contribution in [-0.4, -0.2) is 106 Å². The van der Waals surface area contributed by atoms with Gasteiger partial charge in [-0.15, -0.1) is 0 Å². The predicted octanol–water partition coefficient (Wildman–Crippen LogP) is 2.57. The minimum Gasteiger partial charge on any atom is -0.510 e. The van der Waals surface area contributed by atoms with Crippen LogP contribution in [0.4, 0.5) is 0 Å². The maximum Gasteiger partial charge on any atom is 0.251 e. The number of likely N-dealkylation sites (N-methyl/N-ethyl adjacent to an activating group) is 1. The second-order valence-corrected chi connectivity index (χ2v) is 12.6. The molecule has 0 aliphatic heterocycles. The largest absolute Gasteiger partial charge is 0.510 e. The number of phenolic OH excluding ortho intramolecular Hbond substituents is 1. The van der Waals surface area contributed by atoms with Gasteiger partial charge in [0.05, 0.1) is 11.6 Å². The van der Waals surface area contributed by atoms with Crippen LogP contribution in [0, 0.1) is 11.8 Å². The summed E-state index contributed by atoms with van der Waals surface area (Å²) in [5.74, 6) is -6.35. The number of hydrogen-bond acceptors (Lipinski definition) is 10. The lowest BCUT2D eigenvalue weighted by Gasteiger charge is -2.50. The Morgan fingerprint density at radius 1 is 1.04 bits per heavy atom. The summed E-state index contributed by atoms with van der Waals surface area (Å²) in [5.41, 5.74) is -1.31. The molecule has 0 radical (unpaired) electrons. The Bertz CT molecular complexity index is 1670. The number of phenols is 1. The van der Waals surface area contributed by atoms with E-state index in [2.05, 4.69) is 5.32 Å². The van der Waals surface area contributed by atoms with Gasteiger partial charge in [0.25, 0.3) is 5.91 Å². The van der Waals surface area contributed by atoms with Crippen LogP contribution in [0.15, 0.2) is 59.1 Å². The SMILES string of the molecule is CC(=O)C1=C(O)[C@@H](N(C)C)[C@@H]2C[C@@H]3Cc4c(-c5cccc(C(=O)NCCCN(C)C)c5)ccc(O)c4C(=O)C3=C(O)[C@]2(O)C1=O. The number of benzene rings is 2. The zero-order chi connectivity index (χ0) is 33.0. The number of nitrogens with one attached hydrogen (secondary N) is 1. The number of aliphatic hydroxyl groups is 3. The van der Waals surface area contributed by atoms with E-state index in [1.807, 2.05) is 19.0 Å². The molecule has 0 bridgehead atoms. The molecule has 0 aromatic heterocycles. The highest BCUT2D eigenvalue weighted by Gasteiger charge is 2.63. The minimum absolute atomic E-state index is 0.0232. The second-order valence-electron chi connectivity index (χ2n) is 12.6. The molecule has 238 valence electrons. The lowest BCUT2D eigenvalue weighted by Crippen LogP contribution is -2.63. The fourth-order valence-electron chi connectivity index (χ4n) is 7.15. The molecule has 4 atom stereocenters. The smallest absolute Gasteiger partial charge is 0.251 e. The number of aromatic hydroxyl groups is 1. The Balaban J connectivity index is 1.57. The van der Waals surface area contributed by atoms with Crippen molar-refractivity contribution >= 4 is 23.3 Å². The summed E-state index contributed by atoms with van der Waals surface area (Å²) in [7, 11) is 7.16. The van der Waals surface area contributed by atoms with Gasteiger partial charge in [-0.3, -0.25) is 24.1 Å². The first kappa shape index (κ1) is 32.1. The van der Waals surface area contributed by atoms with Gasteiger partial charge in [0.2, 0.25) is 5.78 Å². The summed E-state index contributed by atoms with van der Waals surface area (Å²) < 4.78 is 0. The number of carbonyl (C=O) groups excluding carboxylic acids is 4. The summed E-state index contributed by atoms with van der Waals surface area (Å²) in [6.45, 7) is 2.42. The Morgan fingerprint density at radius 2 is 1.76 bits per heavy atom. The van der Waals surface area contributed by atoms with Crippen molar-refractivity contribution in [1.82, 2.24) is 15.1 Å². The molecule has 0 spiro atoms. The van der Waals surface area contributed by atoms with Crippen molar-refractivity contribution < 1.29 is 39.6 Å². The number of allylic oxidation sites excluding steroid dienone is 1. The summed E-state index contributed by atoms with van der Waals surface area (Å²) in [6.07, 6.45) is 0.974. The van der Waals surface area contributed by atoms with Crippen molar-refractivity contribution in [3.63, 3.8) is 0 Å².